The van der Waals surface area contributed by atoms with Gasteiger partial charge in [0.05, 0.1) is 16.9 Å². The molecule has 15 heavy (non-hydrogen) atoms. The monoisotopic (exact) mass is 227 g/mol. The first-order valence-electron chi connectivity index (χ1n) is 5.31. The summed E-state index contributed by atoms with van der Waals surface area (Å²) in [5.41, 5.74) is 6.15. The molecule has 0 aliphatic heterocycles. The van der Waals surface area contributed by atoms with Crippen LogP contribution >= 0.6 is 11.6 Å². The van der Waals surface area contributed by atoms with Crippen molar-refractivity contribution in [1.82, 2.24) is 4.98 Å². The molecule has 3 N–H and O–H groups in total. The van der Waals surface area contributed by atoms with E-state index in [1.54, 1.807) is 12.3 Å². The molecule has 1 aromatic heterocycles. The minimum absolute atomic E-state index is 0.388. The number of rotatable bonds is 5. The predicted octanol–water partition coefficient (Wildman–Crippen LogP) is 3.31. The highest BCUT2D eigenvalue weighted by molar-refractivity contribution is 6.33. The molecule has 0 aliphatic carbocycles. The second kappa shape index (κ2) is 5.81. The molecule has 1 rings (SSSR count). The van der Waals surface area contributed by atoms with Gasteiger partial charge in [-0.3, -0.25) is 0 Å². The molecule has 3 nitrogen and oxygen atoms in total. The van der Waals surface area contributed by atoms with Crippen molar-refractivity contribution in [2.75, 3.05) is 11.1 Å². The predicted molar refractivity (Wildman–Crippen MR) is 66.3 cm³/mol. The van der Waals surface area contributed by atoms with Gasteiger partial charge in [-0.1, -0.05) is 31.4 Å². The van der Waals surface area contributed by atoms with Crippen molar-refractivity contribution in [2.24, 2.45) is 0 Å². The van der Waals surface area contributed by atoms with Crippen LogP contribution in [0.4, 0.5) is 11.5 Å². The molecule has 0 fully saturated rings. The van der Waals surface area contributed by atoms with Gasteiger partial charge in [0.15, 0.2) is 0 Å². The van der Waals surface area contributed by atoms with E-state index in [0.29, 0.717) is 16.8 Å². The lowest BCUT2D eigenvalue weighted by molar-refractivity contribution is 0.643. The third-order valence-corrected chi connectivity index (χ3v) is 2.52. The molecule has 0 saturated heterocycles. The topological polar surface area (TPSA) is 50.9 Å². The van der Waals surface area contributed by atoms with Crippen LogP contribution in [0.1, 0.15) is 33.1 Å². The van der Waals surface area contributed by atoms with Gasteiger partial charge in [-0.05, 0) is 19.4 Å². The lowest BCUT2D eigenvalue weighted by atomic mass is 10.1. The van der Waals surface area contributed by atoms with E-state index in [9.17, 15) is 0 Å². The van der Waals surface area contributed by atoms with Crippen molar-refractivity contribution in [3.05, 3.63) is 17.3 Å². The van der Waals surface area contributed by atoms with Crippen LogP contribution in [0, 0.1) is 0 Å². The summed E-state index contributed by atoms with van der Waals surface area (Å²) in [5, 5.41) is 3.86. The lowest BCUT2D eigenvalue weighted by Crippen LogP contribution is -2.16. The Bertz CT molecular complexity index is 315. The van der Waals surface area contributed by atoms with Gasteiger partial charge >= 0.3 is 0 Å². The van der Waals surface area contributed by atoms with Gasteiger partial charge in [-0.15, -0.1) is 0 Å². The molecule has 1 heterocycles. The Morgan fingerprint density at radius 3 is 2.93 bits per heavy atom. The van der Waals surface area contributed by atoms with Crippen LogP contribution in [0.15, 0.2) is 12.3 Å². The number of anilines is 2. The number of unbranched alkanes of at least 4 members (excludes halogenated alkanes) is 1. The van der Waals surface area contributed by atoms with Gasteiger partial charge in [-0.25, -0.2) is 4.98 Å². The van der Waals surface area contributed by atoms with Gasteiger partial charge in [0.25, 0.3) is 0 Å². The number of nitrogens with two attached hydrogens (primary N) is 1. The molecule has 0 aromatic carbocycles. The van der Waals surface area contributed by atoms with Crippen LogP contribution < -0.4 is 11.1 Å². The Kier molecular flexibility index (Phi) is 4.69. The minimum Gasteiger partial charge on any atom is -0.397 e. The summed E-state index contributed by atoms with van der Waals surface area (Å²) in [7, 11) is 0. The molecule has 0 bridgehead atoms. The highest BCUT2D eigenvalue weighted by Gasteiger charge is 2.06. The van der Waals surface area contributed by atoms with Crippen molar-refractivity contribution < 1.29 is 0 Å². The van der Waals surface area contributed by atoms with Gasteiger partial charge < -0.3 is 11.1 Å². The summed E-state index contributed by atoms with van der Waals surface area (Å²) in [6.45, 7) is 4.31. The number of pyridine rings is 1. The molecular weight excluding hydrogens is 210 g/mol. The number of hydrogen-bond donors (Lipinski definition) is 2. The molecule has 0 spiro atoms. The zero-order valence-electron chi connectivity index (χ0n) is 9.26. The lowest BCUT2D eigenvalue weighted by Gasteiger charge is -2.14. The SMILES string of the molecule is CCCCC(C)Nc1ncc(N)cc1Cl. The fraction of sp³-hybridized carbons (Fsp3) is 0.545. The maximum Gasteiger partial charge on any atom is 0.145 e. The third-order valence-electron chi connectivity index (χ3n) is 2.24. The highest BCUT2D eigenvalue weighted by Crippen LogP contribution is 2.22. The van der Waals surface area contributed by atoms with E-state index in [0.717, 1.165) is 12.2 Å². The van der Waals surface area contributed by atoms with E-state index < -0.39 is 0 Å². The molecule has 1 unspecified atom stereocenters. The summed E-state index contributed by atoms with van der Waals surface area (Å²) in [4.78, 5) is 4.16. The smallest absolute Gasteiger partial charge is 0.145 e. The summed E-state index contributed by atoms with van der Waals surface area (Å²) >= 11 is 6.00. The number of nitrogen functional groups attached to an aromatic ring is 1. The summed E-state index contributed by atoms with van der Waals surface area (Å²) in [6.07, 6.45) is 5.15. The number of hydrogen-bond acceptors (Lipinski definition) is 3. The number of aromatic nitrogens is 1. The van der Waals surface area contributed by atoms with E-state index >= 15 is 0 Å². The zero-order valence-corrected chi connectivity index (χ0v) is 10.0. The van der Waals surface area contributed by atoms with E-state index in [1.807, 2.05) is 0 Å². The Hall–Kier alpha value is -0.960. The Morgan fingerprint density at radius 1 is 1.60 bits per heavy atom. The van der Waals surface area contributed by atoms with Crippen molar-refractivity contribution in [3.63, 3.8) is 0 Å². The Balaban J connectivity index is 2.56. The van der Waals surface area contributed by atoms with Gasteiger partial charge in [0.2, 0.25) is 0 Å². The molecule has 1 atom stereocenters. The molecule has 0 amide bonds. The fourth-order valence-corrected chi connectivity index (χ4v) is 1.60. The molecular formula is C11H18ClN3. The van der Waals surface area contributed by atoms with Crippen molar-refractivity contribution in [1.29, 1.82) is 0 Å². The van der Waals surface area contributed by atoms with E-state index in [-0.39, 0.29) is 0 Å². The van der Waals surface area contributed by atoms with Crippen LogP contribution in [0.3, 0.4) is 0 Å². The summed E-state index contributed by atoms with van der Waals surface area (Å²) < 4.78 is 0. The van der Waals surface area contributed by atoms with Gasteiger partial charge in [-0.2, -0.15) is 0 Å². The zero-order chi connectivity index (χ0) is 11.3. The van der Waals surface area contributed by atoms with Crippen molar-refractivity contribution in [3.8, 4) is 0 Å². The molecule has 0 aliphatic rings. The van der Waals surface area contributed by atoms with Crippen LogP contribution in [-0.4, -0.2) is 11.0 Å². The average molecular weight is 228 g/mol. The maximum absolute atomic E-state index is 6.00. The van der Waals surface area contributed by atoms with Crippen molar-refractivity contribution >= 4 is 23.1 Å². The summed E-state index contributed by atoms with van der Waals surface area (Å²) in [5.74, 6) is 0.717. The number of nitrogens with one attached hydrogen (secondary N) is 1. The van der Waals surface area contributed by atoms with E-state index in [2.05, 4.69) is 24.1 Å². The fourth-order valence-electron chi connectivity index (χ4n) is 1.37. The first-order valence-corrected chi connectivity index (χ1v) is 5.68. The average Bonchev–Trinajstić information content (AvgIpc) is 2.19. The second-order valence-electron chi connectivity index (χ2n) is 3.79. The third kappa shape index (κ3) is 3.96. The van der Waals surface area contributed by atoms with Crippen LogP contribution in [0.2, 0.25) is 5.02 Å². The van der Waals surface area contributed by atoms with Gasteiger partial charge in [0, 0.05) is 6.04 Å². The second-order valence-corrected chi connectivity index (χ2v) is 4.19. The van der Waals surface area contributed by atoms with Crippen molar-refractivity contribution in [2.45, 2.75) is 39.2 Å². The standard InChI is InChI=1S/C11H18ClN3/c1-3-4-5-8(2)15-11-10(12)6-9(13)7-14-11/h6-8H,3-5,13H2,1-2H3,(H,14,15). The quantitative estimate of drug-likeness (QED) is 0.812. The largest absolute Gasteiger partial charge is 0.397 e. The minimum atomic E-state index is 0.388. The van der Waals surface area contributed by atoms with Crippen LogP contribution in [0.25, 0.3) is 0 Å². The number of halogens is 1. The number of nitrogens with zero attached hydrogens (tertiary/aromatic N) is 1. The first-order chi connectivity index (χ1) is 7.13. The molecule has 4 heteroatoms. The van der Waals surface area contributed by atoms with Crippen LogP contribution in [0.5, 0.6) is 0 Å². The van der Waals surface area contributed by atoms with E-state index in [1.165, 1.54) is 12.8 Å². The maximum atomic E-state index is 6.00. The summed E-state index contributed by atoms with van der Waals surface area (Å²) in [6, 6.07) is 2.10. The molecule has 0 saturated carbocycles. The Labute approximate surface area is 96.0 Å². The van der Waals surface area contributed by atoms with Gasteiger partial charge in [0.1, 0.15) is 5.82 Å². The normalized spacial score (nSPS) is 12.5. The van der Waals surface area contributed by atoms with Crippen LogP contribution in [-0.2, 0) is 0 Å². The molecule has 84 valence electrons. The van der Waals surface area contributed by atoms with E-state index in [4.69, 9.17) is 17.3 Å². The first kappa shape index (κ1) is 12.1. The molecule has 1 aromatic rings. The Morgan fingerprint density at radius 2 is 2.33 bits per heavy atom. The highest BCUT2D eigenvalue weighted by atomic mass is 35.5. The molecule has 0 radical (unpaired) electrons.